The van der Waals surface area contributed by atoms with Crippen LogP contribution < -0.4 is 15.2 Å². The number of hydrogen-bond donors (Lipinski definition) is 1. The Kier molecular flexibility index (Phi) is 8.17. The fraction of sp³-hybridized carbons (Fsp3) is 0.240. The standard InChI is InChI=1S/C25H23IN2O6/c1-4-31-19-12-16(11-18(26)22(19)34-24(29)15-9-7-6-8-10-15)21-17(13-27)23(28)33-14(3)20(21)25(30)32-5-2/h6-12,21H,4-5,28H2,1-3H3. The van der Waals surface area contributed by atoms with Crippen LogP contribution in [0.3, 0.4) is 0 Å². The van der Waals surface area contributed by atoms with E-state index in [4.69, 9.17) is 24.7 Å². The molecule has 2 aromatic rings. The SMILES string of the molecule is CCOC(=O)C1=C(C)OC(N)=C(C#N)C1c1cc(I)c(OC(=O)c2ccccc2)c(OCC)c1. The summed E-state index contributed by atoms with van der Waals surface area (Å²) in [7, 11) is 0. The number of carbonyl (C=O) groups is 2. The van der Waals surface area contributed by atoms with Crippen LogP contribution in [0.2, 0.25) is 0 Å². The minimum Gasteiger partial charge on any atom is -0.490 e. The quantitative estimate of drug-likeness (QED) is 0.291. The van der Waals surface area contributed by atoms with E-state index >= 15 is 0 Å². The molecule has 0 saturated carbocycles. The van der Waals surface area contributed by atoms with Gasteiger partial charge in [-0.25, -0.2) is 9.59 Å². The zero-order valence-electron chi connectivity index (χ0n) is 18.9. The van der Waals surface area contributed by atoms with Crippen LogP contribution in [0, 0.1) is 14.9 Å². The van der Waals surface area contributed by atoms with Crippen molar-refractivity contribution in [2.75, 3.05) is 13.2 Å². The van der Waals surface area contributed by atoms with E-state index in [1.165, 1.54) is 0 Å². The van der Waals surface area contributed by atoms with Crippen LogP contribution in [0.5, 0.6) is 11.5 Å². The third-order valence-electron chi connectivity index (χ3n) is 4.97. The van der Waals surface area contributed by atoms with Crippen LogP contribution in [-0.2, 0) is 14.3 Å². The summed E-state index contributed by atoms with van der Waals surface area (Å²) in [5.41, 5.74) is 7.15. The third kappa shape index (κ3) is 5.17. The van der Waals surface area contributed by atoms with E-state index in [0.717, 1.165) is 0 Å². The highest BCUT2D eigenvalue weighted by Gasteiger charge is 2.37. The summed E-state index contributed by atoms with van der Waals surface area (Å²) in [6.07, 6.45) is 0. The van der Waals surface area contributed by atoms with E-state index in [1.54, 1.807) is 63.2 Å². The number of nitriles is 1. The Balaban J connectivity index is 2.12. The summed E-state index contributed by atoms with van der Waals surface area (Å²) in [6, 6.07) is 14.0. The molecule has 0 spiro atoms. The Morgan fingerprint density at radius 1 is 1.15 bits per heavy atom. The van der Waals surface area contributed by atoms with Gasteiger partial charge in [0.05, 0.1) is 33.8 Å². The Bertz CT molecular complexity index is 1210. The first-order chi connectivity index (χ1) is 16.3. The first-order valence-corrected chi connectivity index (χ1v) is 11.6. The van der Waals surface area contributed by atoms with Gasteiger partial charge in [-0.3, -0.25) is 0 Å². The highest BCUT2D eigenvalue weighted by atomic mass is 127. The van der Waals surface area contributed by atoms with Gasteiger partial charge in [0.25, 0.3) is 0 Å². The summed E-state index contributed by atoms with van der Waals surface area (Å²) in [5.74, 6) is -1.32. The van der Waals surface area contributed by atoms with Crippen molar-refractivity contribution in [3.8, 4) is 17.6 Å². The number of rotatable bonds is 7. The molecular formula is C25H23IN2O6. The minimum absolute atomic E-state index is 0.0703. The van der Waals surface area contributed by atoms with Crippen LogP contribution in [0.4, 0.5) is 0 Å². The van der Waals surface area contributed by atoms with Gasteiger partial charge in [0.1, 0.15) is 17.4 Å². The normalized spacial score (nSPS) is 15.3. The number of benzene rings is 2. The number of nitrogens with zero attached hydrogens (tertiary/aromatic N) is 1. The first kappa shape index (κ1) is 25.1. The highest BCUT2D eigenvalue weighted by molar-refractivity contribution is 14.1. The van der Waals surface area contributed by atoms with Gasteiger partial charge in [0.2, 0.25) is 5.88 Å². The number of hydrogen-bond acceptors (Lipinski definition) is 8. The lowest BCUT2D eigenvalue weighted by atomic mass is 9.83. The molecule has 0 amide bonds. The molecule has 0 aliphatic carbocycles. The van der Waals surface area contributed by atoms with Gasteiger partial charge in [-0.05, 0) is 73.2 Å². The zero-order chi connectivity index (χ0) is 24.8. The number of carbonyl (C=O) groups excluding carboxylic acids is 2. The van der Waals surface area contributed by atoms with E-state index in [9.17, 15) is 14.9 Å². The molecule has 1 aliphatic rings. The summed E-state index contributed by atoms with van der Waals surface area (Å²) in [6.45, 7) is 5.52. The molecule has 3 rings (SSSR count). The van der Waals surface area contributed by atoms with Crippen molar-refractivity contribution < 1.29 is 28.5 Å². The molecule has 0 saturated heterocycles. The zero-order valence-corrected chi connectivity index (χ0v) is 21.0. The monoisotopic (exact) mass is 574 g/mol. The average Bonchev–Trinajstić information content (AvgIpc) is 2.81. The van der Waals surface area contributed by atoms with Crippen LogP contribution in [-0.4, -0.2) is 25.2 Å². The average molecular weight is 574 g/mol. The molecule has 1 unspecified atom stereocenters. The second-order valence-electron chi connectivity index (χ2n) is 7.13. The van der Waals surface area contributed by atoms with E-state index in [2.05, 4.69) is 0 Å². The Hall–Kier alpha value is -3.52. The molecule has 9 heteroatoms. The van der Waals surface area contributed by atoms with Gasteiger partial charge < -0.3 is 24.7 Å². The van der Waals surface area contributed by atoms with Crippen molar-refractivity contribution >= 4 is 34.5 Å². The fourth-order valence-corrected chi connectivity index (χ4v) is 4.27. The molecule has 0 aromatic heterocycles. The van der Waals surface area contributed by atoms with E-state index in [0.29, 0.717) is 21.3 Å². The topological polar surface area (TPSA) is 121 Å². The molecule has 0 radical (unpaired) electrons. The molecular weight excluding hydrogens is 551 g/mol. The van der Waals surface area contributed by atoms with E-state index in [1.807, 2.05) is 28.7 Å². The maximum Gasteiger partial charge on any atom is 0.343 e. The van der Waals surface area contributed by atoms with Crippen molar-refractivity contribution in [3.05, 3.63) is 80.0 Å². The van der Waals surface area contributed by atoms with Crippen LogP contribution >= 0.6 is 22.6 Å². The van der Waals surface area contributed by atoms with Crippen molar-refractivity contribution in [1.29, 1.82) is 5.26 Å². The van der Waals surface area contributed by atoms with Gasteiger partial charge in [0, 0.05) is 0 Å². The van der Waals surface area contributed by atoms with Gasteiger partial charge in [-0.1, -0.05) is 18.2 Å². The summed E-state index contributed by atoms with van der Waals surface area (Å²) in [4.78, 5) is 25.5. The molecule has 1 atom stereocenters. The van der Waals surface area contributed by atoms with Crippen molar-refractivity contribution in [2.24, 2.45) is 5.73 Å². The second kappa shape index (κ2) is 11.1. The molecule has 34 heavy (non-hydrogen) atoms. The lowest BCUT2D eigenvalue weighted by molar-refractivity contribution is -0.139. The summed E-state index contributed by atoms with van der Waals surface area (Å²) >= 11 is 2.02. The fourth-order valence-electron chi connectivity index (χ4n) is 3.53. The van der Waals surface area contributed by atoms with E-state index < -0.39 is 17.9 Å². The molecule has 2 aromatic carbocycles. The molecule has 176 valence electrons. The van der Waals surface area contributed by atoms with Gasteiger partial charge in [0.15, 0.2) is 11.5 Å². The molecule has 1 aliphatic heterocycles. The predicted octanol–water partition coefficient (Wildman–Crippen LogP) is 4.55. The lowest BCUT2D eigenvalue weighted by Gasteiger charge is -2.27. The maximum absolute atomic E-state index is 12.8. The summed E-state index contributed by atoms with van der Waals surface area (Å²) in [5, 5.41) is 9.81. The number of nitrogens with two attached hydrogens (primary N) is 1. The maximum atomic E-state index is 12.8. The molecule has 8 nitrogen and oxygen atoms in total. The van der Waals surface area contributed by atoms with Crippen LogP contribution in [0.15, 0.2) is 65.3 Å². The minimum atomic E-state index is -0.843. The number of allylic oxidation sites excluding steroid dienone is 2. The van der Waals surface area contributed by atoms with E-state index in [-0.39, 0.29) is 40.9 Å². The molecule has 0 bridgehead atoms. The largest absolute Gasteiger partial charge is 0.490 e. The smallest absolute Gasteiger partial charge is 0.343 e. The Labute approximate surface area is 211 Å². The predicted molar refractivity (Wildman–Crippen MR) is 132 cm³/mol. The number of halogens is 1. The van der Waals surface area contributed by atoms with Crippen molar-refractivity contribution in [2.45, 2.75) is 26.7 Å². The molecule has 1 heterocycles. The Morgan fingerprint density at radius 2 is 1.85 bits per heavy atom. The van der Waals surface area contributed by atoms with Gasteiger partial charge in [-0.15, -0.1) is 0 Å². The summed E-state index contributed by atoms with van der Waals surface area (Å²) < 4.78 is 22.7. The second-order valence-corrected chi connectivity index (χ2v) is 8.30. The molecule has 0 fully saturated rings. The van der Waals surface area contributed by atoms with Crippen molar-refractivity contribution in [3.63, 3.8) is 0 Å². The molecule has 2 N–H and O–H groups in total. The van der Waals surface area contributed by atoms with Crippen LogP contribution in [0.1, 0.15) is 42.6 Å². The Morgan fingerprint density at radius 3 is 2.47 bits per heavy atom. The van der Waals surface area contributed by atoms with Gasteiger partial charge >= 0.3 is 11.9 Å². The van der Waals surface area contributed by atoms with Crippen molar-refractivity contribution in [1.82, 2.24) is 0 Å². The number of esters is 2. The van der Waals surface area contributed by atoms with Crippen LogP contribution in [0.25, 0.3) is 0 Å². The van der Waals surface area contributed by atoms with Gasteiger partial charge in [-0.2, -0.15) is 5.26 Å². The third-order valence-corrected chi connectivity index (χ3v) is 5.77. The first-order valence-electron chi connectivity index (χ1n) is 10.5. The highest BCUT2D eigenvalue weighted by Crippen LogP contribution is 2.44. The lowest BCUT2D eigenvalue weighted by Crippen LogP contribution is -2.25. The number of ether oxygens (including phenoxy) is 4.